The zero-order valence-electron chi connectivity index (χ0n) is 14.4. The number of amides is 1. The van der Waals surface area contributed by atoms with Crippen molar-refractivity contribution in [3.63, 3.8) is 0 Å². The Balaban J connectivity index is 2.17. The summed E-state index contributed by atoms with van der Waals surface area (Å²) < 4.78 is 24.1. The number of likely N-dealkylation sites (tertiary alicyclic amines) is 1. The van der Waals surface area contributed by atoms with E-state index >= 15 is 0 Å². The molecule has 0 N–H and O–H groups in total. The lowest BCUT2D eigenvalue weighted by atomic mass is 9.89. The Kier molecular flexibility index (Phi) is 6.12. The summed E-state index contributed by atoms with van der Waals surface area (Å²) in [5.41, 5.74) is -0.729. The van der Waals surface area contributed by atoms with E-state index in [0.29, 0.717) is 0 Å². The van der Waals surface area contributed by atoms with E-state index in [4.69, 9.17) is 9.47 Å². The first-order chi connectivity index (χ1) is 11.9. The first-order valence-corrected chi connectivity index (χ1v) is 8.09. The maximum absolute atomic E-state index is 14.1. The molecule has 2 rings (SSSR count). The van der Waals surface area contributed by atoms with Crippen LogP contribution in [0.1, 0.15) is 31.7 Å². The summed E-state index contributed by atoms with van der Waals surface area (Å²) in [6.45, 7) is 1.13. The van der Waals surface area contributed by atoms with Crippen molar-refractivity contribution in [2.45, 2.75) is 44.5 Å². The van der Waals surface area contributed by atoms with Crippen molar-refractivity contribution in [2.75, 3.05) is 13.7 Å². The molecule has 0 aromatic heterocycles. The average Bonchev–Trinajstić information content (AvgIpc) is 2.96. The fourth-order valence-corrected chi connectivity index (χ4v) is 3.07. The molecule has 2 atom stereocenters. The largest absolute Gasteiger partial charge is 0.467 e. The number of halogens is 1. The predicted octanol–water partition coefficient (Wildman–Crippen LogP) is 2.65. The molecule has 25 heavy (non-hydrogen) atoms. The second-order valence-electron chi connectivity index (χ2n) is 6.18. The molecule has 1 aliphatic heterocycles. The molecule has 1 aromatic rings. The zero-order chi connectivity index (χ0) is 18.4. The lowest BCUT2D eigenvalue weighted by Crippen LogP contribution is -2.54. The van der Waals surface area contributed by atoms with E-state index in [9.17, 15) is 18.8 Å². The number of ketones is 1. The number of Topliss-reactive ketones (excluding diaryl/α,β-unsaturated/α-hetero) is 1. The van der Waals surface area contributed by atoms with Gasteiger partial charge >= 0.3 is 12.1 Å². The van der Waals surface area contributed by atoms with Gasteiger partial charge in [-0.15, -0.1) is 0 Å². The molecule has 1 aromatic carbocycles. The molecule has 0 spiro atoms. The topological polar surface area (TPSA) is 72.9 Å². The second kappa shape index (κ2) is 8.09. The van der Waals surface area contributed by atoms with Crippen molar-refractivity contribution >= 4 is 17.8 Å². The molecule has 1 fully saturated rings. The lowest BCUT2D eigenvalue weighted by molar-refractivity contribution is -0.153. The molecule has 136 valence electrons. The quantitative estimate of drug-likeness (QED) is 0.737. The molecule has 1 heterocycles. The standard InChI is InChI=1S/C18H22FNO5/c1-13(21)8-9-18(16(22)24-2)10-15(19)11-20(18)17(23)25-12-14-6-4-3-5-7-14/h3-7,15H,8-12H2,1-2H3/t15-,18+/m1/s1. The minimum absolute atomic E-state index is 0.00979. The molecule has 6 nitrogen and oxygen atoms in total. The summed E-state index contributed by atoms with van der Waals surface area (Å²) >= 11 is 0. The van der Waals surface area contributed by atoms with Crippen LogP contribution in [0, 0.1) is 0 Å². The highest BCUT2D eigenvalue weighted by molar-refractivity contribution is 5.87. The summed E-state index contributed by atoms with van der Waals surface area (Å²) in [6.07, 6.45) is -2.32. The number of methoxy groups -OCH3 is 1. The van der Waals surface area contributed by atoms with Crippen molar-refractivity contribution in [1.82, 2.24) is 4.90 Å². The fourth-order valence-electron chi connectivity index (χ4n) is 3.07. The number of benzene rings is 1. The number of alkyl halides is 1. The smallest absolute Gasteiger partial charge is 0.411 e. The summed E-state index contributed by atoms with van der Waals surface area (Å²) in [6, 6.07) is 9.03. The summed E-state index contributed by atoms with van der Waals surface area (Å²) in [4.78, 5) is 37.2. The Morgan fingerprint density at radius 1 is 1.28 bits per heavy atom. The van der Waals surface area contributed by atoms with Crippen LogP contribution in [0.25, 0.3) is 0 Å². The summed E-state index contributed by atoms with van der Waals surface area (Å²) in [5.74, 6) is -0.881. The van der Waals surface area contributed by atoms with E-state index in [2.05, 4.69) is 0 Å². The molecule has 0 saturated carbocycles. The Morgan fingerprint density at radius 2 is 1.96 bits per heavy atom. The predicted molar refractivity (Wildman–Crippen MR) is 87.5 cm³/mol. The van der Waals surface area contributed by atoms with E-state index in [1.807, 2.05) is 18.2 Å². The summed E-state index contributed by atoms with van der Waals surface area (Å²) in [7, 11) is 1.18. The monoisotopic (exact) mass is 351 g/mol. The highest BCUT2D eigenvalue weighted by Gasteiger charge is 2.55. The third kappa shape index (κ3) is 4.35. The Bertz CT molecular complexity index is 636. The average molecular weight is 351 g/mol. The van der Waals surface area contributed by atoms with Gasteiger partial charge in [0.15, 0.2) is 0 Å². The highest BCUT2D eigenvalue weighted by Crippen LogP contribution is 2.37. The van der Waals surface area contributed by atoms with Gasteiger partial charge in [-0.05, 0) is 18.9 Å². The number of carbonyl (C=O) groups is 3. The number of rotatable bonds is 6. The molecule has 0 unspecified atom stereocenters. The van der Waals surface area contributed by atoms with Crippen LogP contribution in [0.5, 0.6) is 0 Å². The van der Waals surface area contributed by atoms with E-state index in [1.165, 1.54) is 14.0 Å². The fraction of sp³-hybridized carbons (Fsp3) is 0.500. The van der Waals surface area contributed by atoms with E-state index in [0.717, 1.165) is 10.5 Å². The third-order valence-electron chi connectivity index (χ3n) is 4.34. The number of ether oxygens (including phenoxy) is 2. The maximum atomic E-state index is 14.1. The highest BCUT2D eigenvalue weighted by atomic mass is 19.1. The van der Waals surface area contributed by atoms with Gasteiger partial charge in [-0.25, -0.2) is 14.0 Å². The van der Waals surface area contributed by atoms with Crippen LogP contribution in [-0.2, 0) is 25.7 Å². The van der Waals surface area contributed by atoms with E-state index < -0.39 is 23.8 Å². The van der Waals surface area contributed by atoms with Crippen molar-refractivity contribution < 1.29 is 28.2 Å². The van der Waals surface area contributed by atoms with Crippen LogP contribution < -0.4 is 0 Å². The van der Waals surface area contributed by atoms with Crippen LogP contribution in [0.4, 0.5) is 9.18 Å². The maximum Gasteiger partial charge on any atom is 0.411 e. The molecular weight excluding hydrogens is 329 g/mol. The van der Waals surface area contributed by atoms with Crippen LogP contribution >= 0.6 is 0 Å². The molecule has 1 aliphatic rings. The van der Waals surface area contributed by atoms with Crippen molar-refractivity contribution in [1.29, 1.82) is 0 Å². The van der Waals surface area contributed by atoms with Crippen LogP contribution in [0.2, 0.25) is 0 Å². The minimum Gasteiger partial charge on any atom is -0.467 e. The van der Waals surface area contributed by atoms with Crippen LogP contribution in [0.3, 0.4) is 0 Å². The molecular formula is C18H22FNO5. The number of hydrogen-bond acceptors (Lipinski definition) is 5. The third-order valence-corrected chi connectivity index (χ3v) is 4.34. The molecule has 7 heteroatoms. The molecule has 1 saturated heterocycles. The zero-order valence-corrected chi connectivity index (χ0v) is 14.4. The molecule has 0 aliphatic carbocycles. The van der Waals surface area contributed by atoms with Gasteiger partial charge < -0.3 is 14.3 Å². The van der Waals surface area contributed by atoms with E-state index in [1.54, 1.807) is 12.1 Å². The van der Waals surface area contributed by atoms with Gasteiger partial charge in [0.1, 0.15) is 24.1 Å². The lowest BCUT2D eigenvalue weighted by Gasteiger charge is -2.34. The number of esters is 1. The van der Waals surface area contributed by atoms with Gasteiger partial charge in [0, 0.05) is 12.8 Å². The molecule has 0 radical (unpaired) electrons. The van der Waals surface area contributed by atoms with Crippen LogP contribution in [0.15, 0.2) is 30.3 Å². The van der Waals surface area contributed by atoms with Gasteiger partial charge in [-0.1, -0.05) is 30.3 Å². The normalized spacial score (nSPS) is 22.5. The van der Waals surface area contributed by atoms with E-state index in [-0.39, 0.29) is 38.2 Å². The Hall–Kier alpha value is -2.44. The van der Waals surface area contributed by atoms with Gasteiger partial charge in [-0.2, -0.15) is 0 Å². The van der Waals surface area contributed by atoms with Crippen molar-refractivity contribution in [3.05, 3.63) is 35.9 Å². The Labute approximate surface area is 145 Å². The minimum atomic E-state index is -1.51. The molecule has 0 bridgehead atoms. The number of nitrogens with zero attached hydrogens (tertiary/aromatic N) is 1. The van der Waals surface area contributed by atoms with Crippen molar-refractivity contribution in [3.8, 4) is 0 Å². The number of carbonyl (C=O) groups excluding carboxylic acids is 3. The first-order valence-electron chi connectivity index (χ1n) is 8.09. The van der Waals surface area contributed by atoms with Gasteiger partial charge in [0.05, 0.1) is 13.7 Å². The van der Waals surface area contributed by atoms with Crippen molar-refractivity contribution in [2.24, 2.45) is 0 Å². The SMILES string of the molecule is COC(=O)[C@]1(CCC(C)=O)C[C@@H](F)CN1C(=O)OCc1ccccc1. The van der Waals surface area contributed by atoms with Crippen LogP contribution in [-0.4, -0.2) is 48.1 Å². The summed E-state index contributed by atoms with van der Waals surface area (Å²) in [5, 5.41) is 0. The van der Waals surface area contributed by atoms with Gasteiger partial charge in [0.2, 0.25) is 0 Å². The first kappa shape index (κ1) is 18.9. The second-order valence-corrected chi connectivity index (χ2v) is 6.18. The number of hydrogen-bond donors (Lipinski definition) is 0. The van der Waals surface area contributed by atoms with Gasteiger partial charge in [-0.3, -0.25) is 4.90 Å². The molecule has 1 amide bonds. The van der Waals surface area contributed by atoms with Gasteiger partial charge in [0.25, 0.3) is 0 Å². The Morgan fingerprint density at radius 3 is 2.56 bits per heavy atom.